The van der Waals surface area contributed by atoms with Crippen molar-refractivity contribution in [2.75, 3.05) is 40.4 Å². The second-order valence-corrected chi connectivity index (χ2v) is 6.68. The maximum Gasteiger partial charge on any atom is 0.253 e. The van der Waals surface area contributed by atoms with E-state index in [2.05, 4.69) is 0 Å². The van der Waals surface area contributed by atoms with E-state index in [4.69, 9.17) is 4.74 Å². The Bertz CT molecular complexity index is 575. The largest absolute Gasteiger partial charge is 0.379 e. The standard InChI is InChI=1S/C13H18N2O4S/c1-14(2)13(16)11-3-5-12(6-4-11)20(17,18)15-7-9-19-10-8-15/h3-6H,7-10H2,1-2H3. The molecular formula is C13H18N2O4S. The van der Waals surface area contributed by atoms with Gasteiger partial charge in [-0.3, -0.25) is 4.79 Å². The van der Waals surface area contributed by atoms with Crippen LogP contribution >= 0.6 is 0 Å². The third kappa shape index (κ3) is 3.00. The number of ether oxygens (including phenoxy) is 1. The maximum atomic E-state index is 12.4. The molecule has 0 atom stereocenters. The van der Waals surface area contributed by atoms with Crippen LogP contribution in [0, 0.1) is 0 Å². The molecule has 0 unspecified atom stereocenters. The van der Waals surface area contributed by atoms with E-state index < -0.39 is 10.0 Å². The molecule has 1 fully saturated rings. The first-order valence-corrected chi connectivity index (χ1v) is 7.76. The van der Waals surface area contributed by atoms with Crippen molar-refractivity contribution in [3.8, 4) is 0 Å². The number of rotatable bonds is 3. The summed E-state index contributed by atoms with van der Waals surface area (Å²) in [7, 11) is -0.189. The molecule has 1 heterocycles. The molecule has 1 aliphatic rings. The normalized spacial score (nSPS) is 16.9. The molecule has 1 aromatic carbocycles. The highest BCUT2D eigenvalue weighted by atomic mass is 32.2. The van der Waals surface area contributed by atoms with E-state index in [1.807, 2.05) is 0 Å². The molecular weight excluding hydrogens is 280 g/mol. The molecule has 110 valence electrons. The third-order valence-corrected chi connectivity index (χ3v) is 5.03. The second-order valence-electron chi connectivity index (χ2n) is 4.74. The summed E-state index contributed by atoms with van der Waals surface area (Å²) in [6.07, 6.45) is 0. The van der Waals surface area contributed by atoms with E-state index in [9.17, 15) is 13.2 Å². The highest BCUT2D eigenvalue weighted by Gasteiger charge is 2.26. The second kappa shape index (κ2) is 5.90. The molecule has 1 aliphatic heterocycles. The minimum absolute atomic E-state index is 0.152. The predicted molar refractivity (Wildman–Crippen MR) is 74.0 cm³/mol. The SMILES string of the molecule is CN(C)C(=O)c1ccc(S(=O)(=O)N2CCOCC2)cc1. The van der Waals surface area contributed by atoms with Crippen molar-refractivity contribution >= 4 is 15.9 Å². The van der Waals surface area contributed by atoms with Gasteiger partial charge in [-0.2, -0.15) is 4.31 Å². The minimum Gasteiger partial charge on any atom is -0.379 e. The van der Waals surface area contributed by atoms with Gasteiger partial charge in [0.1, 0.15) is 0 Å². The molecule has 0 bridgehead atoms. The first-order chi connectivity index (χ1) is 9.43. The molecule has 0 aromatic heterocycles. The van der Waals surface area contributed by atoms with Crippen LogP contribution in [-0.2, 0) is 14.8 Å². The number of hydrogen-bond acceptors (Lipinski definition) is 4. The molecule has 6 nitrogen and oxygen atoms in total. The molecule has 1 saturated heterocycles. The van der Waals surface area contributed by atoms with Gasteiger partial charge in [0.15, 0.2) is 0 Å². The van der Waals surface area contributed by atoms with Gasteiger partial charge in [0.25, 0.3) is 5.91 Å². The van der Waals surface area contributed by atoms with E-state index in [1.165, 1.54) is 33.5 Å². The first kappa shape index (κ1) is 15.0. The summed E-state index contributed by atoms with van der Waals surface area (Å²) < 4.78 is 31.3. The van der Waals surface area contributed by atoms with Gasteiger partial charge < -0.3 is 9.64 Å². The third-order valence-electron chi connectivity index (χ3n) is 3.12. The Morgan fingerprint density at radius 3 is 2.20 bits per heavy atom. The zero-order valence-corrected chi connectivity index (χ0v) is 12.4. The van der Waals surface area contributed by atoms with Crippen molar-refractivity contribution in [3.05, 3.63) is 29.8 Å². The van der Waals surface area contributed by atoms with Gasteiger partial charge in [0.2, 0.25) is 10.0 Å². The van der Waals surface area contributed by atoms with Crippen molar-refractivity contribution in [2.24, 2.45) is 0 Å². The lowest BCUT2D eigenvalue weighted by molar-refractivity contribution is 0.0730. The lowest BCUT2D eigenvalue weighted by Crippen LogP contribution is -2.40. The Balaban J connectivity index is 2.22. The first-order valence-electron chi connectivity index (χ1n) is 6.32. The fraction of sp³-hybridized carbons (Fsp3) is 0.462. The number of carbonyl (C=O) groups is 1. The van der Waals surface area contributed by atoms with Crippen molar-refractivity contribution in [3.63, 3.8) is 0 Å². The Hall–Kier alpha value is -1.44. The van der Waals surface area contributed by atoms with Crippen molar-refractivity contribution in [1.82, 2.24) is 9.21 Å². The van der Waals surface area contributed by atoms with Crippen LogP contribution in [0.5, 0.6) is 0 Å². The van der Waals surface area contributed by atoms with Gasteiger partial charge in [-0.05, 0) is 24.3 Å². The van der Waals surface area contributed by atoms with Crippen LogP contribution in [0.15, 0.2) is 29.2 Å². The monoisotopic (exact) mass is 298 g/mol. The fourth-order valence-electron chi connectivity index (χ4n) is 1.96. The van der Waals surface area contributed by atoms with Crippen molar-refractivity contribution < 1.29 is 17.9 Å². The molecule has 20 heavy (non-hydrogen) atoms. The summed E-state index contributed by atoms with van der Waals surface area (Å²) in [5.41, 5.74) is 0.468. The Kier molecular flexibility index (Phi) is 4.42. The molecule has 0 radical (unpaired) electrons. The van der Waals surface area contributed by atoms with Crippen LogP contribution in [0.2, 0.25) is 0 Å². The minimum atomic E-state index is -3.50. The molecule has 2 rings (SSSR count). The quantitative estimate of drug-likeness (QED) is 0.810. The van der Waals surface area contributed by atoms with E-state index >= 15 is 0 Å². The van der Waals surface area contributed by atoms with Crippen LogP contribution in [0.25, 0.3) is 0 Å². The number of carbonyl (C=O) groups excluding carboxylic acids is 1. The van der Waals surface area contributed by atoms with Gasteiger partial charge in [0.05, 0.1) is 18.1 Å². The average molecular weight is 298 g/mol. The van der Waals surface area contributed by atoms with E-state index in [1.54, 1.807) is 14.1 Å². The summed E-state index contributed by atoms with van der Waals surface area (Å²) >= 11 is 0. The number of nitrogens with zero attached hydrogens (tertiary/aromatic N) is 2. The number of morpholine rings is 1. The van der Waals surface area contributed by atoms with Crippen LogP contribution in [0.1, 0.15) is 10.4 Å². The number of hydrogen-bond donors (Lipinski definition) is 0. The van der Waals surface area contributed by atoms with Gasteiger partial charge in [-0.25, -0.2) is 8.42 Å². The van der Waals surface area contributed by atoms with Gasteiger partial charge >= 0.3 is 0 Å². The summed E-state index contributed by atoms with van der Waals surface area (Å²) in [6, 6.07) is 6.02. The Labute approximate surface area is 119 Å². The average Bonchev–Trinajstić information content (AvgIpc) is 2.47. The van der Waals surface area contributed by atoms with Crippen LogP contribution in [0.4, 0.5) is 0 Å². The Morgan fingerprint density at radius 2 is 1.70 bits per heavy atom. The zero-order valence-electron chi connectivity index (χ0n) is 11.6. The molecule has 7 heteroatoms. The summed E-state index contributed by atoms with van der Waals surface area (Å²) in [4.78, 5) is 13.4. The maximum absolute atomic E-state index is 12.4. The molecule has 0 N–H and O–H groups in total. The van der Waals surface area contributed by atoms with Gasteiger partial charge in [-0.15, -0.1) is 0 Å². The fourth-order valence-corrected chi connectivity index (χ4v) is 3.37. The highest BCUT2D eigenvalue weighted by Crippen LogP contribution is 2.18. The smallest absolute Gasteiger partial charge is 0.253 e. The molecule has 0 saturated carbocycles. The summed E-state index contributed by atoms with van der Waals surface area (Å²) in [6.45, 7) is 1.55. The number of amides is 1. The molecule has 1 aromatic rings. The van der Waals surface area contributed by atoms with Crippen molar-refractivity contribution in [1.29, 1.82) is 0 Å². The molecule has 1 amide bonds. The number of sulfonamides is 1. The topological polar surface area (TPSA) is 66.9 Å². The summed E-state index contributed by atoms with van der Waals surface area (Å²) in [5.74, 6) is -0.152. The highest BCUT2D eigenvalue weighted by molar-refractivity contribution is 7.89. The molecule has 0 aliphatic carbocycles. The molecule has 0 spiro atoms. The summed E-state index contributed by atoms with van der Waals surface area (Å²) in [5, 5.41) is 0. The number of benzene rings is 1. The zero-order chi connectivity index (χ0) is 14.8. The predicted octanol–water partition coefficient (Wildman–Crippen LogP) is 0.409. The van der Waals surface area contributed by atoms with Crippen LogP contribution in [-0.4, -0.2) is 63.9 Å². The Morgan fingerprint density at radius 1 is 1.15 bits per heavy atom. The van der Waals surface area contributed by atoms with Crippen molar-refractivity contribution in [2.45, 2.75) is 4.90 Å². The van der Waals surface area contributed by atoms with Crippen LogP contribution in [0.3, 0.4) is 0 Å². The lowest BCUT2D eigenvalue weighted by Gasteiger charge is -2.26. The van der Waals surface area contributed by atoms with Crippen LogP contribution < -0.4 is 0 Å². The lowest BCUT2D eigenvalue weighted by atomic mass is 10.2. The van der Waals surface area contributed by atoms with E-state index in [-0.39, 0.29) is 10.8 Å². The van der Waals surface area contributed by atoms with Gasteiger partial charge in [-0.1, -0.05) is 0 Å². The van der Waals surface area contributed by atoms with E-state index in [0.29, 0.717) is 31.9 Å². The van der Waals surface area contributed by atoms with E-state index in [0.717, 1.165) is 0 Å². The van der Waals surface area contributed by atoms with Gasteiger partial charge in [0, 0.05) is 32.7 Å².